The first kappa shape index (κ1) is 12.8. The molecule has 18 heavy (non-hydrogen) atoms. The summed E-state index contributed by atoms with van der Waals surface area (Å²) in [6, 6.07) is 8.60. The Labute approximate surface area is 109 Å². The van der Waals surface area contributed by atoms with Gasteiger partial charge >= 0.3 is 0 Å². The topological polar surface area (TPSA) is 45.0 Å². The molecule has 0 radical (unpaired) electrons. The second-order valence-electron chi connectivity index (χ2n) is 5.36. The molecule has 0 spiro atoms. The molecule has 0 bridgehead atoms. The van der Waals surface area contributed by atoms with Gasteiger partial charge in [0.15, 0.2) is 0 Å². The molecule has 1 aliphatic rings. The SMILES string of the molecule is COc1ccc(C(C)C)cc1NCC1(C#N)CC1. The molecular formula is C15H20N2O. The Morgan fingerprint density at radius 2 is 2.17 bits per heavy atom. The van der Waals surface area contributed by atoms with Crippen LogP contribution in [0.15, 0.2) is 18.2 Å². The van der Waals surface area contributed by atoms with Crippen molar-refractivity contribution >= 4 is 5.69 Å². The third-order valence-electron chi connectivity index (χ3n) is 3.60. The minimum atomic E-state index is -0.140. The van der Waals surface area contributed by atoms with Crippen molar-refractivity contribution in [2.24, 2.45) is 5.41 Å². The van der Waals surface area contributed by atoms with Crippen LogP contribution in [-0.2, 0) is 0 Å². The number of anilines is 1. The number of methoxy groups -OCH3 is 1. The summed E-state index contributed by atoms with van der Waals surface area (Å²) in [5.41, 5.74) is 2.13. The fourth-order valence-electron chi connectivity index (χ4n) is 1.97. The van der Waals surface area contributed by atoms with Crippen LogP contribution in [0.3, 0.4) is 0 Å². The van der Waals surface area contributed by atoms with Crippen LogP contribution >= 0.6 is 0 Å². The smallest absolute Gasteiger partial charge is 0.141 e. The second kappa shape index (κ2) is 4.89. The van der Waals surface area contributed by atoms with Gasteiger partial charge in [0.05, 0.1) is 24.3 Å². The van der Waals surface area contributed by atoms with Crippen LogP contribution in [0.5, 0.6) is 5.75 Å². The number of benzene rings is 1. The highest BCUT2D eigenvalue weighted by Gasteiger charge is 2.42. The summed E-state index contributed by atoms with van der Waals surface area (Å²) in [4.78, 5) is 0. The van der Waals surface area contributed by atoms with E-state index in [0.717, 1.165) is 24.3 Å². The highest BCUT2D eigenvalue weighted by molar-refractivity contribution is 5.59. The predicted molar refractivity (Wildman–Crippen MR) is 72.9 cm³/mol. The molecule has 3 heteroatoms. The van der Waals surface area contributed by atoms with E-state index >= 15 is 0 Å². The number of nitrogens with zero attached hydrogens (tertiary/aromatic N) is 1. The lowest BCUT2D eigenvalue weighted by molar-refractivity contribution is 0.416. The van der Waals surface area contributed by atoms with E-state index in [-0.39, 0.29) is 5.41 Å². The average Bonchev–Trinajstić information content (AvgIpc) is 3.16. The van der Waals surface area contributed by atoms with Crippen LogP contribution in [0.2, 0.25) is 0 Å². The number of nitrogens with one attached hydrogen (secondary N) is 1. The summed E-state index contributed by atoms with van der Waals surface area (Å²) < 4.78 is 5.35. The lowest BCUT2D eigenvalue weighted by Gasteiger charge is -2.15. The third kappa shape index (κ3) is 2.59. The van der Waals surface area contributed by atoms with Gasteiger partial charge in [0, 0.05) is 6.54 Å². The van der Waals surface area contributed by atoms with Crippen molar-refractivity contribution in [3.63, 3.8) is 0 Å². The van der Waals surface area contributed by atoms with Gasteiger partial charge in [0.2, 0.25) is 0 Å². The summed E-state index contributed by atoms with van der Waals surface area (Å²) >= 11 is 0. The van der Waals surface area contributed by atoms with Gasteiger partial charge in [-0.1, -0.05) is 19.9 Å². The monoisotopic (exact) mass is 244 g/mol. The molecule has 2 rings (SSSR count). The molecule has 0 amide bonds. The summed E-state index contributed by atoms with van der Waals surface area (Å²) in [5.74, 6) is 1.33. The molecule has 1 N–H and O–H groups in total. The quantitative estimate of drug-likeness (QED) is 0.861. The van der Waals surface area contributed by atoms with Crippen LogP contribution in [0.4, 0.5) is 5.69 Å². The van der Waals surface area contributed by atoms with Gasteiger partial charge in [-0.3, -0.25) is 0 Å². The van der Waals surface area contributed by atoms with E-state index < -0.39 is 0 Å². The van der Waals surface area contributed by atoms with E-state index in [1.165, 1.54) is 5.56 Å². The van der Waals surface area contributed by atoms with Gasteiger partial charge in [0.25, 0.3) is 0 Å². The maximum absolute atomic E-state index is 9.08. The highest BCUT2D eigenvalue weighted by atomic mass is 16.5. The molecule has 0 saturated heterocycles. The molecule has 0 aliphatic heterocycles. The number of hydrogen-bond acceptors (Lipinski definition) is 3. The lowest BCUT2D eigenvalue weighted by Crippen LogP contribution is -2.14. The molecule has 96 valence electrons. The van der Waals surface area contributed by atoms with E-state index in [0.29, 0.717) is 12.5 Å². The molecule has 1 aliphatic carbocycles. The number of hydrogen-bond donors (Lipinski definition) is 1. The Morgan fingerprint density at radius 1 is 1.44 bits per heavy atom. The summed E-state index contributed by atoms with van der Waals surface area (Å²) in [6.45, 7) is 5.05. The second-order valence-corrected chi connectivity index (χ2v) is 5.36. The Bertz CT molecular complexity index is 470. The van der Waals surface area contributed by atoms with Crippen molar-refractivity contribution in [2.45, 2.75) is 32.6 Å². The standard InChI is InChI=1S/C15H20N2O/c1-11(2)12-4-5-14(18-3)13(8-12)17-10-15(9-16)6-7-15/h4-5,8,11,17H,6-7,10H2,1-3H3. The number of rotatable bonds is 5. The van der Waals surface area contributed by atoms with Crippen molar-refractivity contribution < 1.29 is 4.74 Å². The average molecular weight is 244 g/mol. The third-order valence-corrected chi connectivity index (χ3v) is 3.60. The molecule has 0 atom stereocenters. The molecule has 0 heterocycles. The highest BCUT2D eigenvalue weighted by Crippen LogP contribution is 2.45. The zero-order valence-corrected chi connectivity index (χ0v) is 11.3. The van der Waals surface area contributed by atoms with E-state index in [9.17, 15) is 0 Å². The van der Waals surface area contributed by atoms with Crippen molar-refractivity contribution in [3.05, 3.63) is 23.8 Å². The molecule has 1 aromatic rings. The molecule has 1 saturated carbocycles. The first-order chi connectivity index (χ1) is 8.60. The summed E-state index contributed by atoms with van der Waals surface area (Å²) in [5, 5.41) is 12.4. The molecule has 0 unspecified atom stereocenters. The van der Waals surface area contributed by atoms with Crippen LogP contribution in [0, 0.1) is 16.7 Å². The Hall–Kier alpha value is -1.69. The van der Waals surface area contributed by atoms with E-state index in [2.05, 4.69) is 37.4 Å². The van der Waals surface area contributed by atoms with Crippen molar-refractivity contribution in [1.29, 1.82) is 5.26 Å². The normalized spacial score (nSPS) is 16.2. The van der Waals surface area contributed by atoms with Gasteiger partial charge in [-0.15, -0.1) is 0 Å². The first-order valence-electron chi connectivity index (χ1n) is 6.43. The zero-order valence-electron chi connectivity index (χ0n) is 11.3. The first-order valence-corrected chi connectivity index (χ1v) is 6.43. The van der Waals surface area contributed by atoms with E-state index in [1.54, 1.807) is 7.11 Å². The Balaban J connectivity index is 2.14. The lowest BCUT2D eigenvalue weighted by atomic mass is 10.0. The van der Waals surface area contributed by atoms with Gasteiger partial charge in [0.1, 0.15) is 5.75 Å². The summed E-state index contributed by atoms with van der Waals surface area (Å²) in [7, 11) is 1.67. The van der Waals surface area contributed by atoms with Gasteiger partial charge in [-0.25, -0.2) is 0 Å². The van der Waals surface area contributed by atoms with Crippen LogP contribution in [-0.4, -0.2) is 13.7 Å². The minimum absolute atomic E-state index is 0.140. The zero-order chi connectivity index (χ0) is 13.2. The van der Waals surface area contributed by atoms with E-state index in [1.807, 2.05) is 6.07 Å². The van der Waals surface area contributed by atoms with E-state index in [4.69, 9.17) is 10.00 Å². The Morgan fingerprint density at radius 3 is 2.67 bits per heavy atom. The largest absolute Gasteiger partial charge is 0.495 e. The molecule has 3 nitrogen and oxygen atoms in total. The Kier molecular flexibility index (Phi) is 3.47. The number of nitriles is 1. The van der Waals surface area contributed by atoms with Crippen LogP contribution in [0.25, 0.3) is 0 Å². The maximum Gasteiger partial charge on any atom is 0.141 e. The minimum Gasteiger partial charge on any atom is -0.495 e. The van der Waals surface area contributed by atoms with Gasteiger partial charge < -0.3 is 10.1 Å². The van der Waals surface area contributed by atoms with Crippen molar-refractivity contribution in [2.75, 3.05) is 19.0 Å². The van der Waals surface area contributed by atoms with Crippen molar-refractivity contribution in [3.8, 4) is 11.8 Å². The number of ether oxygens (including phenoxy) is 1. The van der Waals surface area contributed by atoms with Gasteiger partial charge in [-0.2, -0.15) is 5.26 Å². The van der Waals surface area contributed by atoms with Crippen LogP contribution in [0.1, 0.15) is 38.2 Å². The maximum atomic E-state index is 9.08. The predicted octanol–water partition coefficient (Wildman–Crippen LogP) is 3.53. The fourth-order valence-corrected chi connectivity index (χ4v) is 1.97. The van der Waals surface area contributed by atoms with Gasteiger partial charge in [-0.05, 0) is 36.5 Å². The molecular weight excluding hydrogens is 224 g/mol. The molecule has 1 fully saturated rings. The van der Waals surface area contributed by atoms with Crippen molar-refractivity contribution in [1.82, 2.24) is 0 Å². The fraction of sp³-hybridized carbons (Fsp3) is 0.533. The molecule has 0 aromatic heterocycles. The summed E-state index contributed by atoms with van der Waals surface area (Å²) in [6.07, 6.45) is 2.01. The van der Waals surface area contributed by atoms with Crippen LogP contribution < -0.4 is 10.1 Å². The molecule has 1 aromatic carbocycles.